The average Bonchev–Trinajstić information content (AvgIpc) is 2.99. The molecule has 146 valence electrons. The van der Waals surface area contributed by atoms with Gasteiger partial charge in [-0.25, -0.2) is 9.87 Å². The fourth-order valence-electron chi connectivity index (χ4n) is 4.58. The Morgan fingerprint density at radius 3 is 2.86 bits per heavy atom. The summed E-state index contributed by atoms with van der Waals surface area (Å²) in [5, 5.41) is 8.96. The van der Waals surface area contributed by atoms with Crippen LogP contribution in [-0.2, 0) is 24.2 Å². The smallest absolute Gasteiger partial charge is 0.274 e. The lowest BCUT2D eigenvalue weighted by molar-refractivity contribution is -0.137. The SMILES string of the molecule is Cc1ccc(CN2CCC3(CCc4c(cccc4C(=O)NO)C3)C2=O)cc1F. The first-order valence-electron chi connectivity index (χ1n) is 9.53. The molecular formula is C22H23FN2O3. The van der Waals surface area contributed by atoms with Crippen molar-refractivity contribution < 1.29 is 19.2 Å². The van der Waals surface area contributed by atoms with Crippen LogP contribution < -0.4 is 5.48 Å². The van der Waals surface area contributed by atoms with Gasteiger partial charge in [0.1, 0.15) is 5.82 Å². The zero-order valence-electron chi connectivity index (χ0n) is 15.8. The van der Waals surface area contributed by atoms with Crippen LogP contribution in [0.15, 0.2) is 36.4 Å². The van der Waals surface area contributed by atoms with Crippen LogP contribution in [-0.4, -0.2) is 28.5 Å². The van der Waals surface area contributed by atoms with Crippen molar-refractivity contribution in [1.82, 2.24) is 10.4 Å². The van der Waals surface area contributed by atoms with Crippen LogP contribution in [0, 0.1) is 18.2 Å². The summed E-state index contributed by atoms with van der Waals surface area (Å²) in [6.45, 7) is 2.79. The third-order valence-corrected chi connectivity index (χ3v) is 6.21. The van der Waals surface area contributed by atoms with Gasteiger partial charge in [-0.2, -0.15) is 0 Å². The summed E-state index contributed by atoms with van der Waals surface area (Å²) in [4.78, 5) is 27.0. The molecule has 2 amide bonds. The van der Waals surface area contributed by atoms with Gasteiger partial charge in [-0.1, -0.05) is 24.3 Å². The molecule has 1 atom stereocenters. The maximum absolute atomic E-state index is 13.8. The molecule has 4 rings (SSSR count). The van der Waals surface area contributed by atoms with Crippen molar-refractivity contribution in [3.63, 3.8) is 0 Å². The summed E-state index contributed by atoms with van der Waals surface area (Å²) in [5.41, 5.74) is 5.00. The molecule has 0 bridgehead atoms. The quantitative estimate of drug-likeness (QED) is 0.633. The van der Waals surface area contributed by atoms with Crippen LogP contribution in [0.2, 0.25) is 0 Å². The van der Waals surface area contributed by atoms with E-state index in [1.165, 1.54) is 6.07 Å². The lowest BCUT2D eigenvalue weighted by Crippen LogP contribution is -2.39. The summed E-state index contributed by atoms with van der Waals surface area (Å²) in [6, 6.07) is 10.5. The van der Waals surface area contributed by atoms with E-state index in [1.54, 1.807) is 30.6 Å². The number of amides is 2. The first kappa shape index (κ1) is 18.6. The van der Waals surface area contributed by atoms with Crippen molar-refractivity contribution in [3.05, 3.63) is 70.0 Å². The van der Waals surface area contributed by atoms with E-state index in [2.05, 4.69) is 0 Å². The van der Waals surface area contributed by atoms with E-state index in [4.69, 9.17) is 5.21 Å². The highest BCUT2D eigenvalue weighted by molar-refractivity contribution is 5.95. The Labute approximate surface area is 163 Å². The van der Waals surface area contributed by atoms with E-state index in [0.29, 0.717) is 43.5 Å². The molecule has 1 fully saturated rings. The number of fused-ring (bicyclic) bond motifs is 1. The van der Waals surface area contributed by atoms with E-state index in [-0.39, 0.29) is 11.7 Å². The van der Waals surface area contributed by atoms with Crippen molar-refractivity contribution in [1.29, 1.82) is 0 Å². The Kier molecular flexibility index (Phi) is 4.67. The zero-order valence-corrected chi connectivity index (χ0v) is 15.8. The lowest BCUT2D eigenvalue weighted by Gasteiger charge is -2.34. The number of hydroxylamine groups is 1. The molecule has 2 aromatic carbocycles. The molecule has 1 aliphatic heterocycles. The van der Waals surface area contributed by atoms with Gasteiger partial charge in [0.25, 0.3) is 5.91 Å². The number of halogens is 1. The van der Waals surface area contributed by atoms with Gasteiger partial charge < -0.3 is 4.90 Å². The number of benzene rings is 2. The first-order chi connectivity index (χ1) is 13.4. The van der Waals surface area contributed by atoms with Crippen molar-refractivity contribution in [2.24, 2.45) is 5.41 Å². The zero-order chi connectivity index (χ0) is 19.9. The molecule has 1 spiro atoms. The second-order valence-corrected chi connectivity index (χ2v) is 7.90. The molecule has 1 unspecified atom stereocenters. The highest BCUT2D eigenvalue weighted by Crippen LogP contribution is 2.44. The molecule has 1 heterocycles. The molecule has 0 saturated carbocycles. The number of hydrogen-bond donors (Lipinski definition) is 2. The molecule has 5 nitrogen and oxygen atoms in total. The van der Waals surface area contributed by atoms with Crippen LogP contribution in [0.1, 0.15) is 45.5 Å². The number of carbonyl (C=O) groups is 2. The Morgan fingerprint density at radius 1 is 1.29 bits per heavy atom. The van der Waals surface area contributed by atoms with Crippen molar-refractivity contribution in [2.75, 3.05) is 6.54 Å². The number of hydrogen-bond acceptors (Lipinski definition) is 3. The van der Waals surface area contributed by atoms with Crippen LogP contribution in [0.3, 0.4) is 0 Å². The molecule has 28 heavy (non-hydrogen) atoms. The average molecular weight is 382 g/mol. The summed E-state index contributed by atoms with van der Waals surface area (Å²) < 4.78 is 13.8. The molecule has 2 N–H and O–H groups in total. The second kappa shape index (κ2) is 7.02. The number of likely N-dealkylation sites (tertiary alicyclic amines) is 1. The van der Waals surface area contributed by atoms with E-state index < -0.39 is 11.3 Å². The molecule has 2 aromatic rings. The standard InChI is InChI=1S/C22H23FN2O3/c1-14-5-6-15(11-19(14)23)13-25-10-9-22(21(25)27)8-7-17-16(12-22)3-2-4-18(17)20(26)24-28/h2-6,11,28H,7-10,12-13H2,1H3,(H,24,26). The molecule has 2 aliphatic rings. The minimum absolute atomic E-state index is 0.108. The minimum atomic E-state index is -0.520. The van der Waals surface area contributed by atoms with Gasteiger partial charge in [-0.15, -0.1) is 0 Å². The monoisotopic (exact) mass is 382 g/mol. The molecule has 1 saturated heterocycles. The fourth-order valence-corrected chi connectivity index (χ4v) is 4.58. The number of rotatable bonds is 3. The second-order valence-electron chi connectivity index (χ2n) is 7.90. The van der Waals surface area contributed by atoms with Crippen molar-refractivity contribution in [2.45, 2.75) is 39.2 Å². The highest BCUT2D eigenvalue weighted by Gasteiger charge is 2.48. The molecule has 6 heteroatoms. The lowest BCUT2D eigenvalue weighted by atomic mass is 9.69. The van der Waals surface area contributed by atoms with Crippen LogP contribution in [0.25, 0.3) is 0 Å². The van der Waals surface area contributed by atoms with E-state index >= 15 is 0 Å². The van der Waals surface area contributed by atoms with Gasteiger partial charge >= 0.3 is 0 Å². The predicted molar refractivity (Wildman–Crippen MR) is 101 cm³/mol. The maximum atomic E-state index is 13.8. The van der Waals surface area contributed by atoms with Gasteiger partial charge in [0.05, 0.1) is 5.41 Å². The molecule has 1 aliphatic carbocycles. The Morgan fingerprint density at radius 2 is 2.11 bits per heavy atom. The summed E-state index contributed by atoms with van der Waals surface area (Å²) >= 11 is 0. The van der Waals surface area contributed by atoms with Gasteiger partial charge in [0.2, 0.25) is 5.91 Å². The Hall–Kier alpha value is -2.73. The van der Waals surface area contributed by atoms with E-state index in [0.717, 1.165) is 23.1 Å². The number of aryl methyl sites for hydroxylation is 1. The first-order valence-corrected chi connectivity index (χ1v) is 9.53. The largest absolute Gasteiger partial charge is 0.338 e. The molecular weight excluding hydrogens is 359 g/mol. The summed E-state index contributed by atoms with van der Waals surface area (Å²) in [7, 11) is 0. The van der Waals surface area contributed by atoms with Crippen LogP contribution >= 0.6 is 0 Å². The van der Waals surface area contributed by atoms with Gasteiger partial charge in [0, 0.05) is 18.7 Å². The van der Waals surface area contributed by atoms with Crippen LogP contribution in [0.5, 0.6) is 0 Å². The van der Waals surface area contributed by atoms with Gasteiger partial charge in [0.15, 0.2) is 0 Å². The van der Waals surface area contributed by atoms with E-state index in [9.17, 15) is 14.0 Å². The molecule has 0 radical (unpaired) electrons. The number of nitrogens with one attached hydrogen (secondary N) is 1. The van der Waals surface area contributed by atoms with Gasteiger partial charge in [-0.3, -0.25) is 14.8 Å². The Bertz CT molecular complexity index is 959. The van der Waals surface area contributed by atoms with Crippen molar-refractivity contribution >= 4 is 11.8 Å². The van der Waals surface area contributed by atoms with E-state index in [1.807, 2.05) is 17.0 Å². The topological polar surface area (TPSA) is 69.6 Å². The van der Waals surface area contributed by atoms with Crippen molar-refractivity contribution in [3.8, 4) is 0 Å². The third kappa shape index (κ3) is 3.07. The summed E-state index contributed by atoms with van der Waals surface area (Å²) in [6.07, 6.45) is 2.65. The third-order valence-electron chi connectivity index (χ3n) is 6.21. The predicted octanol–water partition coefficient (Wildman–Crippen LogP) is 3.16. The normalized spacial score (nSPS) is 21.1. The Balaban J connectivity index is 1.55. The molecule has 0 aromatic heterocycles. The highest BCUT2D eigenvalue weighted by atomic mass is 19.1. The fraction of sp³-hybridized carbons (Fsp3) is 0.364. The minimum Gasteiger partial charge on any atom is -0.338 e. The van der Waals surface area contributed by atoms with Crippen LogP contribution in [0.4, 0.5) is 4.39 Å². The maximum Gasteiger partial charge on any atom is 0.274 e. The summed E-state index contributed by atoms with van der Waals surface area (Å²) in [5.74, 6) is -0.662. The number of carbonyl (C=O) groups excluding carboxylic acids is 2. The number of nitrogens with zero attached hydrogens (tertiary/aromatic N) is 1. The van der Waals surface area contributed by atoms with Gasteiger partial charge in [-0.05, 0) is 67.0 Å².